The number of anilines is 1. The predicted molar refractivity (Wildman–Crippen MR) is 166 cm³/mol. The fraction of sp³-hybridized carbons (Fsp3) is 0.167. The summed E-state index contributed by atoms with van der Waals surface area (Å²) < 4.78 is 0. The standard InChI is InChI=1S/C36H33N3O2/c40-35(24-27-16-17-30-11-4-5-12-31(30)22-27)37-34-15-7-14-33(25-34)36(41)39-20-18-38(19-21-39)26-28-8-6-13-32(23-28)29-9-2-1-3-10-29/h1-17,22-23,25H,18-21,24,26H2,(H,37,40). The topological polar surface area (TPSA) is 52.7 Å². The van der Waals surface area contributed by atoms with E-state index >= 15 is 0 Å². The van der Waals surface area contributed by atoms with Gasteiger partial charge in [-0.15, -0.1) is 0 Å². The predicted octanol–water partition coefficient (Wildman–Crippen LogP) is 6.65. The highest BCUT2D eigenvalue weighted by Gasteiger charge is 2.22. The zero-order valence-corrected chi connectivity index (χ0v) is 23.0. The van der Waals surface area contributed by atoms with Crippen LogP contribution in [0.1, 0.15) is 21.5 Å². The lowest BCUT2D eigenvalue weighted by Gasteiger charge is -2.35. The number of benzene rings is 5. The van der Waals surface area contributed by atoms with E-state index in [-0.39, 0.29) is 18.2 Å². The summed E-state index contributed by atoms with van der Waals surface area (Å²) >= 11 is 0. The molecule has 0 saturated carbocycles. The van der Waals surface area contributed by atoms with Crippen LogP contribution in [0.2, 0.25) is 0 Å². The Balaban J connectivity index is 1.03. The first kappa shape index (κ1) is 26.5. The molecule has 1 fully saturated rings. The van der Waals surface area contributed by atoms with Crippen molar-refractivity contribution in [3.8, 4) is 11.1 Å². The van der Waals surface area contributed by atoms with Gasteiger partial charge in [-0.2, -0.15) is 0 Å². The van der Waals surface area contributed by atoms with Gasteiger partial charge in [0.05, 0.1) is 6.42 Å². The van der Waals surface area contributed by atoms with Gasteiger partial charge in [-0.05, 0) is 57.3 Å². The number of nitrogens with zero attached hydrogens (tertiary/aromatic N) is 2. The molecule has 6 rings (SSSR count). The van der Waals surface area contributed by atoms with Crippen LogP contribution < -0.4 is 5.32 Å². The maximum Gasteiger partial charge on any atom is 0.254 e. The number of amides is 2. The van der Waals surface area contributed by atoms with Gasteiger partial charge in [0.1, 0.15) is 0 Å². The van der Waals surface area contributed by atoms with E-state index in [9.17, 15) is 9.59 Å². The minimum absolute atomic E-state index is 0.00125. The Kier molecular flexibility index (Phi) is 7.88. The van der Waals surface area contributed by atoms with Crippen LogP contribution in [0.4, 0.5) is 5.69 Å². The van der Waals surface area contributed by atoms with Gasteiger partial charge in [0, 0.05) is 44.0 Å². The van der Waals surface area contributed by atoms with Crippen LogP contribution >= 0.6 is 0 Å². The summed E-state index contributed by atoms with van der Waals surface area (Å²) in [5.41, 5.74) is 5.91. The molecule has 1 aliphatic heterocycles. The second kappa shape index (κ2) is 12.2. The van der Waals surface area contributed by atoms with Crippen LogP contribution in [-0.2, 0) is 17.8 Å². The van der Waals surface area contributed by atoms with Gasteiger partial charge in [-0.1, -0.05) is 97.1 Å². The summed E-state index contributed by atoms with van der Waals surface area (Å²) in [6.07, 6.45) is 0.277. The highest BCUT2D eigenvalue weighted by Crippen LogP contribution is 2.22. The lowest BCUT2D eigenvalue weighted by Crippen LogP contribution is -2.48. The van der Waals surface area contributed by atoms with Gasteiger partial charge in [-0.25, -0.2) is 0 Å². The molecule has 0 aromatic heterocycles. The van der Waals surface area contributed by atoms with Crippen molar-refractivity contribution in [1.29, 1.82) is 0 Å². The Bertz CT molecular complexity index is 1670. The van der Waals surface area contributed by atoms with E-state index < -0.39 is 0 Å². The zero-order chi connectivity index (χ0) is 28.0. The summed E-state index contributed by atoms with van der Waals surface area (Å²) in [6, 6.07) is 40.6. The molecule has 41 heavy (non-hydrogen) atoms. The van der Waals surface area contributed by atoms with Crippen LogP contribution in [0.15, 0.2) is 121 Å². The van der Waals surface area contributed by atoms with Crippen molar-refractivity contribution >= 4 is 28.3 Å². The molecule has 0 bridgehead atoms. The molecule has 5 nitrogen and oxygen atoms in total. The van der Waals surface area contributed by atoms with Crippen LogP contribution in [0.25, 0.3) is 21.9 Å². The minimum atomic E-state index is -0.102. The smallest absolute Gasteiger partial charge is 0.254 e. The molecule has 204 valence electrons. The first-order chi connectivity index (χ1) is 20.1. The van der Waals surface area contributed by atoms with E-state index in [1.807, 2.05) is 53.4 Å². The Morgan fingerprint density at radius 2 is 1.34 bits per heavy atom. The minimum Gasteiger partial charge on any atom is -0.336 e. The van der Waals surface area contributed by atoms with E-state index in [1.54, 1.807) is 6.07 Å². The highest BCUT2D eigenvalue weighted by atomic mass is 16.2. The Labute approximate surface area is 241 Å². The van der Waals surface area contributed by atoms with Crippen molar-refractivity contribution in [2.45, 2.75) is 13.0 Å². The quantitative estimate of drug-likeness (QED) is 0.252. The summed E-state index contributed by atoms with van der Waals surface area (Å²) in [5, 5.41) is 5.24. The molecule has 5 aromatic rings. The molecule has 1 saturated heterocycles. The number of hydrogen-bond donors (Lipinski definition) is 1. The lowest BCUT2D eigenvalue weighted by atomic mass is 10.0. The maximum absolute atomic E-state index is 13.3. The second-order valence-corrected chi connectivity index (χ2v) is 10.6. The first-order valence-corrected chi connectivity index (χ1v) is 14.1. The largest absolute Gasteiger partial charge is 0.336 e. The molecule has 5 heteroatoms. The van der Waals surface area contributed by atoms with Crippen LogP contribution in [0.5, 0.6) is 0 Å². The monoisotopic (exact) mass is 539 g/mol. The van der Waals surface area contributed by atoms with E-state index in [4.69, 9.17) is 0 Å². The van der Waals surface area contributed by atoms with Gasteiger partial charge in [0.15, 0.2) is 0 Å². The molecule has 0 atom stereocenters. The molecule has 1 heterocycles. The Hall–Kier alpha value is -4.74. The van der Waals surface area contributed by atoms with Gasteiger partial charge in [0.2, 0.25) is 5.91 Å². The lowest BCUT2D eigenvalue weighted by molar-refractivity contribution is -0.115. The van der Waals surface area contributed by atoms with Gasteiger partial charge < -0.3 is 10.2 Å². The van der Waals surface area contributed by atoms with Crippen LogP contribution in [-0.4, -0.2) is 47.8 Å². The van der Waals surface area contributed by atoms with Gasteiger partial charge in [-0.3, -0.25) is 14.5 Å². The van der Waals surface area contributed by atoms with E-state index in [2.05, 4.69) is 76.9 Å². The fourth-order valence-electron chi connectivity index (χ4n) is 5.50. The molecule has 0 spiro atoms. The maximum atomic E-state index is 13.3. The van der Waals surface area contributed by atoms with Crippen molar-refractivity contribution in [2.75, 3.05) is 31.5 Å². The van der Waals surface area contributed by atoms with E-state index in [0.29, 0.717) is 24.3 Å². The average molecular weight is 540 g/mol. The van der Waals surface area contributed by atoms with E-state index in [1.165, 1.54) is 16.7 Å². The van der Waals surface area contributed by atoms with Gasteiger partial charge >= 0.3 is 0 Å². The number of carbonyl (C=O) groups is 2. The number of nitrogens with one attached hydrogen (secondary N) is 1. The Morgan fingerprint density at radius 3 is 2.17 bits per heavy atom. The van der Waals surface area contributed by atoms with Crippen molar-refractivity contribution in [2.24, 2.45) is 0 Å². The number of carbonyl (C=O) groups excluding carboxylic acids is 2. The third-order valence-electron chi connectivity index (χ3n) is 7.67. The zero-order valence-electron chi connectivity index (χ0n) is 23.0. The highest BCUT2D eigenvalue weighted by molar-refractivity contribution is 5.98. The van der Waals surface area contributed by atoms with E-state index in [0.717, 1.165) is 36.0 Å². The summed E-state index contributed by atoms with van der Waals surface area (Å²) in [6.45, 7) is 3.86. The third kappa shape index (κ3) is 6.53. The molecule has 0 radical (unpaired) electrons. The SMILES string of the molecule is O=C(Cc1ccc2ccccc2c1)Nc1cccc(C(=O)N2CCN(Cc3cccc(-c4ccccc4)c3)CC2)c1. The normalized spacial score (nSPS) is 13.7. The number of hydrogen-bond acceptors (Lipinski definition) is 3. The molecule has 0 unspecified atom stereocenters. The third-order valence-corrected chi connectivity index (χ3v) is 7.67. The second-order valence-electron chi connectivity index (χ2n) is 10.6. The van der Waals surface area contributed by atoms with Crippen LogP contribution in [0.3, 0.4) is 0 Å². The summed E-state index contributed by atoms with van der Waals surface area (Å²) in [7, 11) is 0. The number of fused-ring (bicyclic) bond motifs is 1. The number of rotatable bonds is 7. The molecule has 5 aromatic carbocycles. The summed E-state index contributed by atoms with van der Waals surface area (Å²) in [4.78, 5) is 30.4. The average Bonchev–Trinajstić information content (AvgIpc) is 3.02. The Morgan fingerprint density at radius 1 is 0.610 bits per heavy atom. The van der Waals surface area contributed by atoms with Crippen molar-refractivity contribution in [1.82, 2.24) is 9.80 Å². The van der Waals surface area contributed by atoms with Crippen molar-refractivity contribution in [3.05, 3.63) is 138 Å². The number of piperazine rings is 1. The van der Waals surface area contributed by atoms with Crippen molar-refractivity contribution < 1.29 is 9.59 Å². The van der Waals surface area contributed by atoms with Crippen LogP contribution in [0, 0.1) is 0 Å². The van der Waals surface area contributed by atoms with Gasteiger partial charge in [0.25, 0.3) is 5.91 Å². The fourth-order valence-corrected chi connectivity index (χ4v) is 5.50. The first-order valence-electron chi connectivity index (χ1n) is 14.1. The molecular weight excluding hydrogens is 506 g/mol. The van der Waals surface area contributed by atoms with Crippen molar-refractivity contribution in [3.63, 3.8) is 0 Å². The molecule has 2 amide bonds. The summed E-state index contributed by atoms with van der Waals surface area (Å²) in [5.74, 6) is -0.101. The molecule has 0 aliphatic carbocycles. The molecule has 1 N–H and O–H groups in total. The molecular formula is C36H33N3O2. The molecule has 1 aliphatic rings.